The Morgan fingerprint density at radius 1 is 0.885 bits per heavy atom. The number of para-hydroxylation sites is 1. The van der Waals surface area contributed by atoms with Crippen LogP contribution >= 0.6 is 11.6 Å². The van der Waals surface area contributed by atoms with Crippen molar-refractivity contribution < 1.29 is 4.79 Å². The van der Waals surface area contributed by atoms with Gasteiger partial charge in [0.25, 0.3) is 0 Å². The molecule has 1 amide bonds. The highest BCUT2D eigenvalue weighted by Gasteiger charge is 2.16. The Labute approximate surface area is 162 Å². The minimum Gasteiger partial charge on any atom is -0.324 e. The molecule has 2 N–H and O–H groups in total. The summed E-state index contributed by atoms with van der Waals surface area (Å²) in [5.41, 5.74) is 4.29. The zero-order valence-corrected chi connectivity index (χ0v) is 17.0. The van der Waals surface area contributed by atoms with E-state index in [2.05, 4.69) is 56.5 Å². The first kappa shape index (κ1) is 20.5. The molecule has 0 saturated heterocycles. The normalized spacial score (nSPS) is 12.5. The molecule has 0 heterocycles. The highest BCUT2D eigenvalue weighted by molar-refractivity contribution is 6.31. The second-order valence-corrected chi connectivity index (χ2v) is 7.70. The van der Waals surface area contributed by atoms with E-state index < -0.39 is 0 Å². The molecule has 0 aliphatic heterocycles. The van der Waals surface area contributed by atoms with Crippen LogP contribution in [0.2, 0.25) is 5.02 Å². The van der Waals surface area contributed by atoms with E-state index in [-0.39, 0.29) is 18.5 Å². The molecule has 0 unspecified atom stereocenters. The summed E-state index contributed by atoms with van der Waals surface area (Å²) in [5, 5.41) is 7.10. The van der Waals surface area contributed by atoms with Gasteiger partial charge < -0.3 is 10.6 Å². The number of carbonyl (C=O) groups excluding carboxylic acids is 1. The van der Waals surface area contributed by atoms with Crippen molar-refractivity contribution in [1.29, 1.82) is 0 Å². The van der Waals surface area contributed by atoms with Gasteiger partial charge in [-0.3, -0.25) is 4.79 Å². The SMILES string of the molecule is CC(C)c1cccc(C(C)C)c1NC(=O)CN[C@@H](C)c1ccccc1Cl. The number of nitrogens with one attached hydrogen (secondary N) is 2. The number of benzene rings is 2. The molecule has 4 heteroatoms. The van der Waals surface area contributed by atoms with Crippen LogP contribution in [0.3, 0.4) is 0 Å². The third-order valence-electron chi connectivity index (χ3n) is 4.58. The summed E-state index contributed by atoms with van der Waals surface area (Å²) in [6.45, 7) is 10.8. The molecule has 1 atom stereocenters. The van der Waals surface area contributed by atoms with Crippen LogP contribution in [0, 0.1) is 0 Å². The van der Waals surface area contributed by atoms with Crippen LogP contribution in [0.5, 0.6) is 0 Å². The summed E-state index contributed by atoms with van der Waals surface area (Å²) < 4.78 is 0. The molecule has 0 spiro atoms. The molecule has 140 valence electrons. The predicted molar refractivity (Wildman–Crippen MR) is 111 cm³/mol. The van der Waals surface area contributed by atoms with Gasteiger partial charge in [0.2, 0.25) is 5.91 Å². The zero-order chi connectivity index (χ0) is 19.3. The molecule has 0 aliphatic carbocycles. The van der Waals surface area contributed by atoms with Gasteiger partial charge in [-0.15, -0.1) is 0 Å². The van der Waals surface area contributed by atoms with Crippen LogP contribution in [-0.4, -0.2) is 12.5 Å². The summed E-state index contributed by atoms with van der Waals surface area (Å²) in [4.78, 5) is 12.6. The van der Waals surface area contributed by atoms with Gasteiger partial charge in [-0.1, -0.05) is 75.7 Å². The Morgan fingerprint density at radius 3 is 1.96 bits per heavy atom. The van der Waals surface area contributed by atoms with E-state index in [0.29, 0.717) is 16.9 Å². The number of amides is 1. The van der Waals surface area contributed by atoms with Gasteiger partial charge in [0, 0.05) is 16.8 Å². The standard InChI is InChI=1S/C22H29ClN2O/c1-14(2)17-10-8-11-18(15(3)4)22(17)25-21(26)13-24-16(5)19-9-6-7-12-20(19)23/h6-12,14-16,24H,13H2,1-5H3,(H,25,26)/t16-/m0/s1. The van der Waals surface area contributed by atoms with Crippen LogP contribution in [0.4, 0.5) is 5.69 Å². The number of hydrogen-bond donors (Lipinski definition) is 2. The van der Waals surface area contributed by atoms with Crippen LogP contribution in [0.25, 0.3) is 0 Å². The van der Waals surface area contributed by atoms with E-state index in [9.17, 15) is 4.79 Å². The van der Waals surface area contributed by atoms with Gasteiger partial charge in [-0.2, -0.15) is 0 Å². The number of halogens is 1. The smallest absolute Gasteiger partial charge is 0.238 e. The number of hydrogen-bond acceptors (Lipinski definition) is 2. The molecule has 0 bridgehead atoms. The first-order chi connectivity index (χ1) is 12.3. The summed E-state index contributed by atoms with van der Waals surface area (Å²) in [6, 6.07) is 13.9. The fourth-order valence-corrected chi connectivity index (χ4v) is 3.36. The molecule has 26 heavy (non-hydrogen) atoms. The van der Waals surface area contributed by atoms with Gasteiger partial charge >= 0.3 is 0 Å². The summed E-state index contributed by atoms with van der Waals surface area (Å²) in [5.74, 6) is 0.650. The highest BCUT2D eigenvalue weighted by atomic mass is 35.5. The Kier molecular flexibility index (Phi) is 7.24. The monoisotopic (exact) mass is 372 g/mol. The fraction of sp³-hybridized carbons (Fsp3) is 0.409. The molecule has 2 rings (SSSR count). The maximum absolute atomic E-state index is 12.6. The van der Waals surface area contributed by atoms with Crippen LogP contribution < -0.4 is 10.6 Å². The minimum absolute atomic E-state index is 0.000591. The first-order valence-electron chi connectivity index (χ1n) is 9.21. The maximum atomic E-state index is 12.6. The Balaban J connectivity index is 2.09. The van der Waals surface area contributed by atoms with Crippen LogP contribution in [-0.2, 0) is 4.79 Å². The van der Waals surface area contributed by atoms with E-state index in [4.69, 9.17) is 11.6 Å². The minimum atomic E-state index is -0.0427. The van der Waals surface area contributed by atoms with Gasteiger partial charge in [0.15, 0.2) is 0 Å². The largest absolute Gasteiger partial charge is 0.324 e. The number of rotatable bonds is 7. The summed E-state index contributed by atoms with van der Waals surface area (Å²) in [6.07, 6.45) is 0. The topological polar surface area (TPSA) is 41.1 Å². The average Bonchev–Trinajstić information content (AvgIpc) is 2.59. The molecular weight excluding hydrogens is 344 g/mol. The van der Waals surface area contributed by atoms with Crippen molar-refractivity contribution in [2.75, 3.05) is 11.9 Å². The predicted octanol–water partition coefficient (Wildman–Crippen LogP) is 5.88. The van der Waals surface area contributed by atoms with Crippen molar-refractivity contribution in [1.82, 2.24) is 5.32 Å². The molecule has 2 aromatic carbocycles. The van der Waals surface area contributed by atoms with E-state index in [1.807, 2.05) is 31.2 Å². The molecule has 0 aromatic heterocycles. The van der Waals surface area contributed by atoms with Crippen molar-refractivity contribution in [3.05, 3.63) is 64.2 Å². The average molecular weight is 373 g/mol. The van der Waals surface area contributed by atoms with Gasteiger partial charge in [-0.05, 0) is 41.5 Å². The Hall–Kier alpha value is -1.84. The van der Waals surface area contributed by atoms with Crippen molar-refractivity contribution in [3.8, 4) is 0 Å². The molecule has 3 nitrogen and oxygen atoms in total. The third kappa shape index (κ3) is 5.09. The molecule has 0 saturated carbocycles. The molecular formula is C22H29ClN2O. The van der Waals surface area contributed by atoms with Crippen molar-refractivity contribution in [2.45, 2.75) is 52.5 Å². The second kappa shape index (κ2) is 9.20. The highest BCUT2D eigenvalue weighted by Crippen LogP contribution is 2.32. The quantitative estimate of drug-likeness (QED) is 0.637. The van der Waals surface area contributed by atoms with E-state index >= 15 is 0 Å². The molecule has 0 fully saturated rings. The first-order valence-corrected chi connectivity index (χ1v) is 9.59. The molecule has 0 aliphatic rings. The molecule has 0 radical (unpaired) electrons. The maximum Gasteiger partial charge on any atom is 0.238 e. The lowest BCUT2D eigenvalue weighted by Gasteiger charge is -2.21. The lowest BCUT2D eigenvalue weighted by Crippen LogP contribution is -2.31. The van der Waals surface area contributed by atoms with Crippen molar-refractivity contribution >= 4 is 23.2 Å². The van der Waals surface area contributed by atoms with Crippen LogP contribution in [0.1, 0.15) is 69.2 Å². The second-order valence-electron chi connectivity index (χ2n) is 7.29. The van der Waals surface area contributed by atoms with E-state index in [1.165, 1.54) is 11.1 Å². The Bertz CT molecular complexity index is 729. The summed E-state index contributed by atoms with van der Waals surface area (Å²) in [7, 11) is 0. The van der Waals surface area contributed by atoms with Gasteiger partial charge in [-0.25, -0.2) is 0 Å². The molecule has 2 aromatic rings. The number of carbonyl (C=O) groups is 1. The zero-order valence-electron chi connectivity index (χ0n) is 16.3. The van der Waals surface area contributed by atoms with Crippen molar-refractivity contribution in [3.63, 3.8) is 0 Å². The van der Waals surface area contributed by atoms with E-state index in [0.717, 1.165) is 11.3 Å². The summed E-state index contributed by atoms with van der Waals surface area (Å²) >= 11 is 6.23. The van der Waals surface area contributed by atoms with Crippen LogP contribution in [0.15, 0.2) is 42.5 Å². The van der Waals surface area contributed by atoms with Gasteiger partial charge in [0.1, 0.15) is 0 Å². The lowest BCUT2D eigenvalue weighted by atomic mass is 9.92. The third-order valence-corrected chi connectivity index (χ3v) is 4.92. The van der Waals surface area contributed by atoms with E-state index in [1.54, 1.807) is 0 Å². The van der Waals surface area contributed by atoms with Crippen molar-refractivity contribution in [2.24, 2.45) is 0 Å². The Morgan fingerprint density at radius 2 is 1.42 bits per heavy atom. The number of anilines is 1. The van der Waals surface area contributed by atoms with Gasteiger partial charge in [0.05, 0.1) is 6.54 Å². The fourth-order valence-electron chi connectivity index (χ4n) is 3.06. The lowest BCUT2D eigenvalue weighted by molar-refractivity contribution is -0.115.